The maximum atomic E-state index is 9.57. The van der Waals surface area contributed by atoms with E-state index in [1.807, 2.05) is 12.1 Å². The Balaban J connectivity index is 2.88. The molecule has 1 N–H and O–H groups in total. The molecule has 0 unspecified atom stereocenters. The van der Waals surface area contributed by atoms with Crippen LogP contribution >= 0.6 is 33.9 Å². The van der Waals surface area contributed by atoms with Crippen LogP contribution in [0.5, 0.6) is 11.5 Å². The molecule has 0 bridgehead atoms. The first-order valence-electron chi connectivity index (χ1n) is 3.66. The highest BCUT2D eigenvalue weighted by Gasteiger charge is 2.11. The van der Waals surface area contributed by atoms with Crippen LogP contribution in [-0.2, 0) is 0 Å². The Bertz CT molecular complexity index is 450. The van der Waals surface area contributed by atoms with Crippen molar-refractivity contribution in [3.05, 3.63) is 21.1 Å². The van der Waals surface area contributed by atoms with E-state index >= 15 is 0 Å². The van der Waals surface area contributed by atoms with E-state index in [4.69, 9.17) is 4.74 Å². The number of aromatic hydroxyl groups is 1. The molecule has 68 valence electrons. The van der Waals surface area contributed by atoms with Gasteiger partial charge in [0.1, 0.15) is 11.5 Å². The third kappa shape index (κ3) is 1.38. The Hall–Kier alpha value is -0.490. The Labute approximate surface area is 93.3 Å². The van der Waals surface area contributed by atoms with Gasteiger partial charge in [-0.25, -0.2) is 0 Å². The van der Waals surface area contributed by atoms with Gasteiger partial charge in [0.25, 0.3) is 0 Å². The van der Waals surface area contributed by atoms with E-state index in [0.717, 1.165) is 19.4 Å². The average Bonchev–Trinajstić information content (AvgIpc) is 2.49. The van der Waals surface area contributed by atoms with Gasteiger partial charge in [-0.2, -0.15) is 0 Å². The molecule has 0 aliphatic rings. The number of hydrogen-bond donors (Lipinski definition) is 1. The molecule has 0 aliphatic carbocycles. The van der Waals surface area contributed by atoms with Crippen LogP contribution in [0, 0.1) is 3.57 Å². The van der Waals surface area contributed by atoms with E-state index in [0.29, 0.717) is 5.75 Å². The molecule has 13 heavy (non-hydrogen) atoms. The van der Waals surface area contributed by atoms with Crippen LogP contribution in [0.15, 0.2) is 17.5 Å². The Morgan fingerprint density at radius 3 is 2.92 bits per heavy atom. The summed E-state index contributed by atoms with van der Waals surface area (Å²) < 4.78 is 7.30. The molecular weight excluding hydrogens is 299 g/mol. The van der Waals surface area contributed by atoms with E-state index in [1.165, 1.54) is 11.3 Å². The number of benzene rings is 1. The first-order chi connectivity index (χ1) is 6.24. The van der Waals surface area contributed by atoms with Crippen LogP contribution in [0.2, 0.25) is 0 Å². The summed E-state index contributed by atoms with van der Waals surface area (Å²) in [4.78, 5) is 0. The van der Waals surface area contributed by atoms with Crippen molar-refractivity contribution in [2.75, 3.05) is 7.11 Å². The summed E-state index contributed by atoms with van der Waals surface area (Å²) in [5.41, 5.74) is 0. The number of hydrogen-bond acceptors (Lipinski definition) is 3. The maximum Gasteiger partial charge on any atom is 0.144 e. The quantitative estimate of drug-likeness (QED) is 0.820. The van der Waals surface area contributed by atoms with Gasteiger partial charge in [0, 0.05) is 10.1 Å². The largest absolute Gasteiger partial charge is 0.506 e. The summed E-state index contributed by atoms with van der Waals surface area (Å²) in [5, 5.41) is 12.1. The van der Waals surface area contributed by atoms with Crippen molar-refractivity contribution in [2.45, 2.75) is 0 Å². The molecule has 0 radical (unpaired) electrons. The van der Waals surface area contributed by atoms with Gasteiger partial charge in [0.2, 0.25) is 0 Å². The summed E-state index contributed by atoms with van der Waals surface area (Å²) in [5.74, 6) is 1.06. The molecule has 0 saturated heterocycles. The van der Waals surface area contributed by atoms with Crippen molar-refractivity contribution < 1.29 is 9.84 Å². The molecule has 2 aromatic rings. The Morgan fingerprint density at radius 1 is 1.46 bits per heavy atom. The average molecular weight is 306 g/mol. The number of rotatable bonds is 1. The Kier molecular flexibility index (Phi) is 2.33. The lowest BCUT2D eigenvalue weighted by Crippen LogP contribution is -1.86. The standard InChI is InChI=1S/C9H7IO2S/c1-12-9-5(10)2-3-7-8(9)6(11)4-13-7/h2-4,11H,1H3. The van der Waals surface area contributed by atoms with Gasteiger partial charge >= 0.3 is 0 Å². The van der Waals surface area contributed by atoms with Crippen LogP contribution in [0.4, 0.5) is 0 Å². The molecule has 0 spiro atoms. The van der Waals surface area contributed by atoms with Gasteiger partial charge in [-0.3, -0.25) is 0 Å². The SMILES string of the molecule is COc1c(I)ccc2scc(O)c12. The monoisotopic (exact) mass is 306 g/mol. The minimum absolute atomic E-state index is 0.301. The third-order valence-corrected chi connectivity index (χ3v) is 3.61. The lowest BCUT2D eigenvalue weighted by Gasteiger charge is -2.04. The minimum atomic E-state index is 0.301. The first kappa shape index (κ1) is 9.08. The number of fused-ring (bicyclic) bond motifs is 1. The summed E-state index contributed by atoms with van der Waals surface area (Å²) in [6, 6.07) is 3.97. The summed E-state index contributed by atoms with van der Waals surface area (Å²) in [6.45, 7) is 0. The fraction of sp³-hybridized carbons (Fsp3) is 0.111. The topological polar surface area (TPSA) is 29.5 Å². The molecular formula is C9H7IO2S. The van der Waals surface area contributed by atoms with Crippen LogP contribution in [-0.4, -0.2) is 12.2 Å². The second kappa shape index (κ2) is 3.34. The van der Waals surface area contributed by atoms with Crippen LogP contribution in [0.1, 0.15) is 0 Å². The van der Waals surface area contributed by atoms with Gasteiger partial charge in [-0.15, -0.1) is 11.3 Å². The summed E-state index contributed by atoms with van der Waals surface area (Å²) in [6.07, 6.45) is 0. The Morgan fingerprint density at radius 2 is 2.23 bits per heavy atom. The second-order valence-corrected chi connectivity index (χ2v) is 4.65. The smallest absolute Gasteiger partial charge is 0.144 e. The molecule has 2 rings (SSSR count). The second-order valence-electron chi connectivity index (χ2n) is 2.57. The number of ether oxygens (including phenoxy) is 1. The van der Waals surface area contributed by atoms with E-state index in [2.05, 4.69) is 22.6 Å². The first-order valence-corrected chi connectivity index (χ1v) is 5.62. The molecule has 0 fully saturated rings. The fourth-order valence-corrected chi connectivity index (χ4v) is 2.75. The van der Waals surface area contributed by atoms with Crippen molar-refractivity contribution in [2.24, 2.45) is 0 Å². The van der Waals surface area contributed by atoms with Crippen molar-refractivity contribution >= 4 is 44.0 Å². The van der Waals surface area contributed by atoms with Crippen LogP contribution in [0.25, 0.3) is 10.1 Å². The minimum Gasteiger partial charge on any atom is -0.506 e. The highest BCUT2D eigenvalue weighted by molar-refractivity contribution is 14.1. The zero-order valence-electron chi connectivity index (χ0n) is 6.87. The van der Waals surface area contributed by atoms with Gasteiger partial charge in [-0.1, -0.05) is 0 Å². The molecule has 0 amide bonds. The highest BCUT2D eigenvalue weighted by Crippen LogP contribution is 2.40. The lowest BCUT2D eigenvalue weighted by molar-refractivity contribution is 0.413. The van der Waals surface area contributed by atoms with E-state index < -0.39 is 0 Å². The van der Waals surface area contributed by atoms with E-state index in [1.54, 1.807) is 12.5 Å². The molecule has 2 nitrogen and oxygen atoms in total. The maximum absolute atomic E-state index is 9.57. The number of methoxy groups -OCH3 is 1. The predicted octanol–water partition coefficient (Wildman–Crippen LogP) is 3.22. The molecule has 0 saturated carbocycles. The van der Waals surface area contributed by atoms with E-state index in [9.17, 15) is 5.11 Å². The summed E-state index contributed by atoms with van der Waals surface area (Å²) in [7, 11) is 1.62. The van der Waals surface area contributed by atoms with E-state index in [-0.39, 0.29) is 0 Å². The number of halogens is 1. The molecule has 0 aliphatic heterocycles. The number of thiophene rings is 1. The van der Waals surface area contributed by atoms with Gasteiger partial charge in [-0.05, 0) is 34.7 Å². The highest BCUT2D eigenvalue weighted by atomic mass is 127. The predicted molar refractivity (Wildman–Crippen MR) is 62.8 cm³/mol. The lowest BCUT2D eigenvalue weighted by atomic mass is 10.2. The van der Waals surface area contributed by atoms with Gasteiger partial charge < -0.3 is 9.84 Å². The fourth-order valence-electron chi connectivity index (χ4n) is 1.26. The van der Waals surface area contributed by atoms with Crippen LogP contribution < -0.4 is 4.74 Å². The molecule has 1 aromatic carbocycles. The zero-order valence-corrected chi connectivity index (χ0v) is 9.85. The van der Waals surface area contributed by atoms with Crippen LogP contribution in [0.3, 0.4) is 0 Å². The third-order valence-electron chi connectivity index (χ3n) is 1.83. The molecule has 1 aromatic heterocycles. The van der Waals surface area contributed by atoms with Gasteiger partial charge in [0.15, 0.2) is 0 Å². The van der Waals surface area contributed by atoms with Crippen molar-refractivity contribution in [3.63, 3.8) is 0 Å². The van der Waals surface area contributed by atoms with Crippen molar-refractivity contribution in [1.82, 2.24) is 0 Å². The van der Waals surface area contributed by atoms with Crippen molar-refractivity contribution in [3.8, 4) is 11.5 Å². The molecule has 0 atom stereocenters. The zero-order chi connectivity index (χ0) is 9.42. The molecule has 4 heteroatoms. The molecule has 1 heterocycles. The summed E-state index contributed by atoms with van der Waals surface area (Å²) >= 11 is 3.71. The normalized spacial score (nSPS) is 10.6. The van der Waals surface area contributed by atoms with Gasteiger partial charge in [0.05, 0.1) is 16.1 Å². The van der Waals surface area contributed by atoms with Crippen molar-refractivity contribution in [1.29, 1.82) is 0 Å².